The van der Waals surface area contributed by atoms with Gasteiger partial charge >= 0.3 is 0 Å². The average molecular weight is 302 g/mol. The number of nitrogens with zero attached hydrogens (tertiary/aromatic N) is 3. The summed E-state index contributed by atoms with van der Waals surface area (Å²) in [4.78, 5) is 32.4. The highest BCUT2D eigenvalue weighted by molar-refractivity contribution is 8.17. The molecule has 6 nitrogen and oxygen atoms in total. The van der Waals surface area contributed by atoms with Gasteiger partial charge in [-0.25, -0.2) is 9.97 Å². The third-order valence-electron chi connectivity index (χ3n) is 2.71. The SMILES string of the molecule is CN(C)c1ncnc2ccc(/C=C(/C=O)SC(N)=O)cc12. The number of benzene rings is 1. The number of hydrogen-bond donors (Lipinski definition) is 1. The molecule has 2 rings (SSSR count). The first-order chi connectivity index (χ1) is 10.0. The Labute approximate surface area is 126 Å². The van der Waals surface area contributed by atoms with Crippen LogP contribution in [0, 0.1) is 0 Å². The van der Waals surface area contributed by atoms with E-state index in [1.807, 2.05) is 37.2 Å². The zero-order valence-corrected chi connectivity index (χ0v) is 12.4. The van der Waals surface area contributed by atoms with Crippen molar-refractivity contribution in [3.8, 4) is 0 Å². The van der Waals surface area contributed by atoms with E-state index in [0.29, 0.717) is 18.0 Å². The highest BCUT2D eigenvalue weighted by atomic mass is 32.2. The summed E-state index contributed by atoms with van der Waals surface area (Å²) < 4.78 is 0. The number of carbonyl (C=O) groups excluding carboxylic acids is 2. The maximum atomic E-state index is 11.0. The summed E-state index contributed by atoms with van der Waals surface area (Å²) in [6.45, 7) is 0. The summed E-state index contributed by atoms with van der Waals surface area (Å²) in [5, 5.41) is 0.247. The van der Waals surface area contributed by atoms with Gasteiger partial charge in [0.25, 0.3) is 5.24 Å². The number of carbonyl (C=O) groups is 2. The fraction of sp³-hybridized carbons (Fsp3) is 0.143. The Morgan fingerprint density at radius 3 is 2.71 bits per heavy atom. The maximum absolute atomic E-state index is 11.0. The van der Waals surface area contributed by atoms with Crippen LogP contribution in [0.4, 0.5) is 10.6 Å². The molecule has 0 atom stereocenters. The van der Waals surface area contributed by atoms with E-state index in [2.05, 4.69) is 9.97 Å². The minimum Gasteiger partial charge on any atom is -0.362 e. The number of hydrogen-bond acceptors (Lipinski definition) is 6. The van der Waals surface area contributed by atoms with Crippen molar-refractivity contribution in [2.75, 3.05) is 19.0 Å². The molecule has 1 heterocycles. The minimum atomic E-state index is -0.619. The number of amides is 1. The molecular weight excluding hydrogens is 288 g/mol. The molecule has 0 aliphatic rings. The molecule has 0 unspecified atom stereocenters. The number of thioether (sulfide) groups is 1. The molecule has 1 aromatic heterocycles. The van der Waals surface area contributed by atoms with Gasteiger partial charge in [0, 0.05) is 19.5 Å². The Balaban J connectivity index is 2.51. The van der Waals surface area contributed by atoms with Gasteiger partial charge in [-0.1, -0.05) is 6.07 Å². The second-order valence-electron chi connectivity index (χ2n) is 4.45. The van der Waals surface area contributed by atoms with Crippen LogP contribution in [0.15, 0.2) is 29.4 Å². The standard InChI is InChI=1S/C14H14N4O2S/c1-18(2)13-11-6-9(3-4-12(11)16-8-17-13)5-10(7-19)21-14(15)20/h3-8H,1-2H3,(H2,15,20)/b10-5-. The van der Waals surface area contributed by atoms with Crippen LogP contribution in [0.3, 0.4) is 0 Å². The van der Waals surface area contributed by atoms with Gasteiger partial charge < -0.3 is 10.6 Å². The van der Waals surface area contributed by atoms with E-state index in [0.717, 1.165) is 22.3 Å². The molecular formula is C14H14N4O2S. The van der Waals surface area contributed by atoms with E-state index in [9.17, 15) is 9.59 Å². The lowest BCUT2D eigenvalue weighted by Gasteiger charge is -2.13. The molecule has 0 radical (unpaired) electrons. The summed E-state index contributed by atoms with van der Waals surface area (Å²) in [5.41, 5.74) is 6.66. The topological polar surface area (TPSA) is 89.2 Å². The molecule has 0 aliphatic heterocycles. The van der Waals surface area contributed by atoms with Gasteiger partial charge in [0.05, 0.1) is 10.4 Å². The summed E-state index contributed by atoms with van der Waals surface area (Å²) >= 11 is 0.701. The third kappa shape index (κ3) is 3.57. The Kier molecular flexibility index (Phi) is 4.54. The van der Waals surface area contributed by atoms with Gasteiger partial charge in [-0.3, -0.25) is 9.59 Å². The normalized spacial score (nSPS) is 11.4. The van der Waals surface area contributed by atoms with E-state index in [-0.39, 0.29) is 4.91 Å². The van der Waals surface area contributed by atoms with E-state index in [1.54, 1.807) is 6.08 Å². The number of primary amides is 1. The fourth-order valence-corrected chi connectivity index (χ4v) is 2.35. The Bertz CT molecular complexity index is 728. The lowest BCUT2D eigenvalue weighted by Crippen LogP contribution is -2.11. The van der Waals surface area contributed by atoms with Crippen molar-refractivity contribution in [2.24, 2.45) is 5.73 Å². The first-order valence-corrected chi connectivity index (χ1v) is 6.89. The van der Waals surface area contributed by atoms with Crippen LogP contribution in [-0.4, -0.2) is 35.6 Å². The molecule has 2 aromatic rings. The average Bonchev–Trinajstić information content (AvgIpc) is 2.45. The second-order valence-corrected chi connectivity index (χ2v) is 5.53. The zero-order valence-electron chi connectivity index (χ0n) is 11.6. The van der Waals surface area contributed by atoms with Crippen molar-refractivity contribution in [2.45, 2.75) is 0 Å². The highest BCUT2D eigenvalue weighted by Crippen LogP contribution is 2.24. The van der Waals surface area contributed by atoms with E-state index in [4.69, 9.17) is 5.73 Å². The van der Waals surface area contributed by atoms with Crippen molar-refractivity contribution in [3.63, 3.8) is 0 Å². The quantitative estimate of drug-likeness (QED) is 0.687. The minimum absolute atomic E-state index is 0.255. The molecule has 7 heteroatoms. The molecule has 108 valence electrons. The van der Waals surface area contributed by atoms with Gasteiger partial charge in [0.2, 0.25) is 0 Å². The number of anilines is 1. The van der Waals surface area contributed by atoms with Gasteiger partial charge in [0.1, 0.15) is 12.1 Å². The third-order valence-corrected chi connectivity index (χ3v) is 3.36. The Morgan fingerprint density at radius 1 is 1.33 bits per heavy atom. The second kappa shape index (κ2) is 6.36. The summed E-state index contributed by atoms with van der Waals surface area (Å²) in [6.07, 6.45) is 3.72. The van der Waals surface area contributed by atoms with Gasteiger partial charge in [0.15, 0.2) is 6.29 Å². The molecule has 0 spiro atoms. The summed E-state index contributed by atoms with van der Waals surface area (Å²) in [6, 6.07) is 5.53. The van der Waals surface area contributed by atoms with Crippen LogP contribution < -0.4 is 10.6 Å². The molecule has 0 saturated heterocycles. The molecule has 0 aliphatic carbocycles. The first-order valence-electron chi connectivity index (χ1n) is 6.07. The number of allylic oxidation sites excluding steroid dienone is 1. The molecule has 1 aromatic carbocycles. The summed E-state index contributed by atoms with van der Waals surface area (Å²) in [7, 11) is 3.79. The number of fused-ring (bicyclic) bond motifs is 1. The van der Waals surface area contributed by atoms with Crippen LogP contribution in [0.2, 0.25) is 0 Å². The predicted molar refractivity (Wildman–Crippen MR) is 85.1 cm³/mol. The number of aromatic nitrogens is 2. The largest absolute Gasteiger partial charge is 0.362 e. The monoisotopic (exact) mass is 302 g/mol. The van der Waals surface area contributed by atoms with Crippen LogP contribution in [-0.2, 0) is 4.79 Å². The van der Waals surface area contributed by atoms with Crippen LogP contribution in [0.5, 0.6) is 0 Å². The van der Waals surface area contributed by atoms with Crippen LogP contribution in [0.1, 0.15) is 5.56 Å². The Hall–Kier alpha value is -2.41. The lowest BCUT2D eigenvalue weighted by molar-refractivity contribution is -0.104. The molecule has 0 saturated carbocycles. The van der Waals surface area contributed by atoms with Crippen LogP contribution in [0.25, 0.3) is 17.0 Å². The smallest absolute Gasteiger partial charge is 0.281 e. The predicted octanol–water partition coefficient (Wildman–Crippen LogP) is 2.05. The highest BCUT2D eigenvalue weighted by Gasteiger charge is 2.07. The van der Waals surface area contributed by atoms with Crippen molar-refractivity contribution < 1.29 is 9.59 Å². The van der Waals surface area contributed by atoms with Crippen molar-refractivity contribution in [1.82, 2.24) is 9.97 Å². The van der Waals surface area contributed by atoms with Crippen LogP contribution >= 0.6 is 11.8 Å². The first kappa shape index (κ1) is 15.0. The van der Waals surface area contributed by atoms with E-state index >= 15 is 0 Å². The van der Waals surface area contributed by atoms with Crippen molar-refractivity contribution in [3.05, 3.63) is 35.0 Å². The molecule has 2 N–H and O–H groups in total. The summed E-state index contributed by atoms with van der Waals surface area (Å²) in [5.74, 6) is 0.783. The molecule has 21 heavy (non-hydrogen) atoms. The number of aldehydes is 1. The van der Waals surface area contributed by atoms with Gasteiger partial charge in [-0.05, 0) is 35.5 Å². The number of nitrogens with two attached hydrogens (primary N) is 1. The van der Waals surface area contributed by atoms with Crippen molar-refractivity contribution in [1.29, 1.82) is 0 Å². The molecule has 0 bridgehead atoms. The van der Waals surface area contributed by atoms with E-state index in [1.165, 1.54) is 6.33 Å². The number of rotatable bonds is 4. The van der Waals surface area contributed by atoms with E-state index < -0.39 is 5.24 Å². The lowest BCUT2D eigenvalue weighted by atomic mass is 10.1. The Morgan fingerprint density at radius 2 is 2.10 bits per heavy atom. The molecule has 1 amide bonds. The molecule has 0 fully saturated rings. The fourth-order valence-electron chi connectivity index (χ4n) is 1.87. The van der Waals surface area contributed by atoms with Gasteiger partial charge in [-0.15, -0.1) is 0 Å². The zero-order chi connectivity index (χ0) is 15.4. The van der Waals surface area contributed by atoms with Crippen molar-refractivity contribution >= 4 is 46.1 Å². The van der Waals surface area contributed by atoms with Gasteiger partial charge in [-0.2, -0.15) is 0 Å². The maximum Gasteiger partial charge on any atom is 0.281 e.